The van der Waals surface area contributed by atoms with Gasteiger partial charge in [0.25, 0.3) is 0 Å². The fraction of sp³-hybridized carbons (Fsp3) is 0.353. The second kappa shape index (κ2) is 5.94. The number of piperazine rings is 1. The summed E-state index contributed by atoms with van der Waals surface area (Å²) in [5, 5.41) is 13.6. The van der Waals surface area contributed by atoms with Crippen LogP contribution in [0, 0.1) is 13.8 Å². The van der Waals surface area contributed by atoms with E-state index in [1.165, 1.54) is 11.3 Å². The van der Waals surface area contributed by atoms with Crippen LogP contribution in [0.25, 0.3) is 5.65 Å². The van der Waals surface area contributed by atoms with Gasteiger partial charge in [0.1, 0.15) is 5.82 Å². The molecule has 1 aliphatic rings. The molecule has 0 unspecified atom stereocenters. The number of fused-ring (bicyclic) bond motifs is 1. The molecular weight excluding hydrogens is 324 g/mol. The first-order valence-corrected chi connectivity index (χ1v) is 8.45. The SMILES string of the molecule is Cc1ccc(Cl)cc1N1CCN(c2ccc3nnc(C)n3n2)CC1. The molecule has 0 spiro atoms. The minimum absolute atomic E-state index is 0.782. The lowest BCUT2D eigenvalue weighted by Gasteiger charge is -2.37. The molecule has 6 nitrogen and oxygen atoms in total. The molecule has 1 aliphatic heterocycles. The molecule has 0 radical (unpaired) electrons. The van der Waals surface area contributed by atoms with Gasteiger partial charge in [-0.3, -0.25) is 0 Å². The van der Waals surface area contributed by atoms with Gasteiger partial charge in [-0.05, 0) is 43.7 Å². The van der Waals surface area contributed by atoms with Crippen molar-refractivity contribution in [1.29, 1.82) is 0 Å². The van der Waals surface area contributed by atoms with Crippen LogP contribution < -0.4 is 9.80 Å². The molecule has 0 amide bonds. The molecule has 1 fully saturated rings. The van der Waals surface area contributed by atoms with Gasteiger partial charge >= 0.3 is 0 Å². The van der Waals surface area contributed by atoms with Crippen LogP contribution in [0.2, 0.25) is 5.02 Å². The Morgan fingerprint density at radius 1 is 0.917 bits per heavy atom. The standard InChI is InChI=1S/C17H19ClN6/c1-12-3-4-14(18)11-15(12)22-7-9-23(10-8-22)17-6-5-16-20-19-13(2)24(16)21-17/h3-6,11H,7-10H2,1-2H3. The van der Waals surface area contributed by atoms with E-state index in [9.17, 15) is 0 Å². The van der Waals surface area contributed by atoms with Crippen LogP contribution in [0.5, 0.6) is 0 Å². The van der Waals surface area contributed by atoms with Gasteiger partial charge in [0.2, 0.25) is 0 Å². The average Bonchev–Trinajstić information content (AvgIpc) is 2.98. The molecule has 1 aromatic carbocycles. The minimum Gasteiger partial charge on any atom is -0.368 e. The van der Waals surface area contributed by atoms with Crippen molar-refractivity contribution >= 4 is 28.8 Å². The number of hydrogen-bond donors (Lipinski definition) is 0. The number of aryl methyl sites for hydroxylation is 2. The predicted molar refractivity (Wildman–Crippen MR) is 96.1 cm³/mol. The second-order valence-corrected chi connectivity index (χ2v) is 6.55. The molecule has 4 rings (SSSR count). The van der Waals surface area contributed by atoms with Gasteiger partial charge in [0.05, 0.1) is 0 Å². The highest BCUT2D eigenvalue weighted by atomic mass is 35.5. The summed E-state index contributed by atoms with van der Waals surface area (Å²) in [6.07, 6.45) is 0. The van der Waals surface area contributed by atoms with Crippen molar-refractivity contribution in [3.63, 3.8) is 0 Å². The Hall–Kier alpha value is -2.34. The molecule has 1 saturated heterocycles. The Bertz CT molecular complexity index is 882. The van der Waals surface area contributed by atoms with Crippen LogP contribution in [-0.4, -0.2) is 46.0 Å². The Balaban J connectivity index is 1.52. The smallest absolute Gasteiger partial charge is 0.178 e. The van der Waals surface area contributed by atoms with E-state index in [-0.39, 0.29) is 0 Å². The molecule has 0 saturated carbocycles. The fourth-order valence-electron chi connectivity index (χ4n) is 3.15. The number of rotatable bonds is 2. The lowest BCUT2D eigenvalue weighted by Crippen LogP contribution is -2.47. The zero-order valence-electron chi connectivity index (χ0n) is 13.8. The van der Waals surface area contributed by atoms with Gasteiger partial charge in [0.15, 0.2) is 11.5 Å². The number of aromatic nitrogens is 4. The van der Waals surface area contributed by atoms with Crippen molar-refractivity contribution in [1.82, 2.24) is 19.8 Å². The van der Waals surface area contributed by atoms with Gasteiger partial charge in [0, 0.05) is 36.9 Å². The number of nitrogens with zero attached hydrogens (tertiary/aromatic N) is 6. The third kappa shape index (κ3) is 2.67. The van der Waals surface area contributed by atoms with Gasteiger partial charge in [-0.25, -0.2) is 0 Å². The molecule has 0 aliphatic carbocycles. The van der Waals surface area contributed by atoms with Crippen molar-refractivity contribution in [3.05, 3.63) is 46.7 Å². The van der Waals surface area contributed by atoms with Crippen LogP contribution in [0.4, 0.5) is 11.5 Å². The molecule has 0 bridgehead atoms. The third-order valence-electron chi connectivity index (χ3n) is 4.52. The predicted octanol–water partition coefficient (Wildman–Crippen LogP) is 2.72. The number of hydrogen-bond acceptors (Lipinski definition) is 5. The summed E-state index contributed by atoms with van der Waals surface area (Å²) in [6, 6.07) is 10.1. The zero-order chi connectivity index (χ0) is 16.7. The van der Waals surface area contributed by atoms with Crippen LogP contribution >= 0.6 is 11.6 Å². The Labute approximate surface area is 145 Å². The van der Waals surface area contributed by atoms with E-state index in [0.717, 1.165) is 48.5 Å². The Kier molecular flexibility index (Phi) is 3.76. The zero-order valence-corrected chi connectivity index (χ0v) is 14.5. The number of halogens is 1. The van der Waals surface area contributed by atoms with Crippen molar-refractivity contribution < 1.29 is 0 Å². The van der Waals surface area contributed by atoms with Gasteiger partial charge < -0.3 is 9.80 Å². The number of anilines is 2. The summed E-state index contributed by atoms with van der Waals surface area (Å²) in [7, 11) is 0. The maximum atomic E-state index is 6.16. The highest BCUT2D eigenvalue weighted by Crippen LogP contribution is 2.26. The Morgan fingerprint density at radius 2 is 1.67 bits per heavy atom. The van der Waals surface area contributed by atoms with E-state index < -0.39 is 0 Å². The van der Waals surface area contributed by atoms with Gasteiger partial charge in [-0.1, -0.05) is 17.7 Å². The molecule has 3 aromatic rings. The van der Waals surface area contributed by atoms with E-state index >= 15 is 0 Å². The second-order valence-electron chi connectivity index (χ2n) is 6.11. The molecule has 7 heteroatoms. The summed E-state index contributed by atoms with van der Waals surface area (Å²) in [4.78, 5) is 4.69. The van der Waals surface area contributed by atoms with Gasteiger partial charge in [-0.2, -0.15) is 4.52 Å². The monoisotopic (exact) mass is 342 g/mol. The van der Waals surface area contributed by atoms with E-state index in [4.69, 9.17) is 11.6 Å². The molecule has 24 heavy (non-hydrogen) atoms. The summed E-state index contributed by atoms with van der Waals surface area (Å²) in [5.41, 5.74) is 3.26. The first kappa shape index (κ1) is 15.2. The topological polar surface area (TPSA) is 49.6 Å². The average molecular weight is 343 g/mol. The number of benzene rings is 1. The summed E-state index contributed by atoms with van der Waals surface area (Å²) in [5.74, 6) is 1.77. The molecule has 0 atom stereocenters. The van der Waals surface area contributed by atoms with E-state index in [1.807, 2.05) is 25.1 Å². The largest absolute Gasteiger partial charge is 0.368 e. The summed E-state index contributed by atoms with van der Waals surface area (Å²) in [6.45, 7) is 7.78. The van der Waals surface area contributed by atoms with Crippen molar-refractivity contribution in [2.75, 3.05) is 36.0 Å². The molecular formula is C17H19ClN6. The van der Waals surface area contributed by atoms with E-state index in [0.29, 0.717) is 0 Å². The summed E-state index contributed by atoms with van der Waals surface area (Å²) >= 11 is 6.16. The highest BCUT2D eigenvalue weighted by Gasteiger charge is 2.20. The van der Waals surface area contributed by atoms with Crippen LogP contribution in [0.15, 0.2) is 30.3 Å². The lowest BCUT2D eigenvalue weighted by atomic mass is 10.1. The quantitative estimate of drug-likeness (QED) is 0.716. The first-order valence-electron chi connectivity index (χ1n) is 8.07. The van der Waals surface area contributed by atoms with Crippen molar-refractivity contribution in [3.8, 4) is 0 Å². The molecule has 3 heterocycles. The normalized spacial score (nSPS) is 15.3. The van der Waals surface area contributed by atoms with E-state index in [2.05, 4.69) is 44.2 Å². The maximum Gasteiger partial charge on any atom is 0.178 e. The van der Waals surface area contributed by atoms with E-state index in [1.54, 1.807) is 4.52 Å². The molecule has 0 N–H and O–H groups in total. The lowest BCUT2D eigenvalue weighted by molar-refractivity contribution is 0.639. The third-order valence-corrected chi connectivity index (χ3v) is 4.76. The molecule has 2 aromatic heterocycles. The summed E-state index contributed by atoms with van der Waals surface area (Å²) < 4.78 is 1.79. The van der Waals surface area contributed by atoms with Crippen molar-refractivity contribution in [2.45, 2.75) is 13.8 Å². The first-order chi connectivity index (χ1) is 11.6. The van der Waals surface area contributed by atoms with Crippen LogP contribution in [0.1, 0.15) is 11.4 Å². The highest BCUT2D eigenvalue weighted by molar-refractivity contribution is 6.30. The van der Waals surface area contributed by atoms with Crippen LogP contribution in [0.3, 0.4) is 0 Å². The van der Waals surface area contributed by atoms with Crippen LogP contribution in [-0.2, 0) is 0 Å². The van der Waals surface area contributed by atoms with Gasteiger partial charge in [-0.15, -0.1) is 15.3 Å². The maximum absolute atomic E-state index is 6.16. The van der Waals surface area contributed by atoms with Crippen molar-refractivity contribution in [2.24, 2.45) is 0 Å². The minimum atomic E-state index is 0.782. The Morgan fingerprint density at radius 3 is 2.46 bits per heavy atom. The molecule has 124 valence electrons. The fourth-order valence-corrected chi connectivity index (χ4v) is 3.32.